The van der Waals surface area contributed by atoms with Crippen LogP contribution < -0.4 is 0 Å². The maximum atomic E-state index is 11.9. The maximum Gasteiger partial charge on any atom is 0.233 e. The van der Waals surface area contributed by atoms with Crippen molar-refractivity contribution in [3.8, 4) is 0 Å². The largest absolute Gasteiger partial charge is 0.391 e. The first-order chi connectivity index (χ1) is 7.04. The van der Waals surface area contributed by atoms with Crippen LogP contribution in [0.4, 0.5) is 0 Å². The minimum atomic E-state index is -0.656. The molecule has 2 amide bonds. The van der Waals surface area contributed by atoms with Crippen LogP contribution in [0, 0.1) is 11.8 Å². The monoisotopic (exact) mass is 211 g/mol. The molecule has 1 saturated carbocycles. The van der Waals surface area contributed by atoms with Crippen LogP contribution in [0.15, 0.2) is 0 Å². The summed E-state index contributed by atoms with van der Waals surface area (Å²) >= 11 is 0. The zero-order valence-corrected chi connectivity index (χ0v) is 9.14. The smallest absolute Gasteiger partial charge is 0.233 e. The molecule has 4 unspecified atom stereocenters. The number of likely N-dealkylation sites (tertiary alicyclic amines) is 1. The number of nitrogens with zero attached hydrogens (tertiary/aromatic N) is 1. The summed E-state index contributed by atoms with van der Waals surface area (Å²) in [5, 5.41) is 9.43. The minimum absolute atomic E-state index is 0.0732. The number of fused-ring (bicyclic) bond motifs is 1. The third-order valence-corrected chi connectivity index (χ3v) is 3.73. The van der Waals surface area contributed by atoms with E-state index in [4.69, 9.17) is 0 Å². The lowest BCUT2D eigenvalue weighted by molar-refractivity contribution is -0.145. The van der Waals surface area contributed by atoms with Crippen molar-refractivity contribution in [2.75, 3.05) is 0 Å². The molecule has 2 rings (SSSR count). The van der Waals surface area contributed by atoms with Gasteiger partial charge in [-0.2, -0.15) is 0 Å². The summed E-state index contributed by atoms with van der Waals surface area (Å²) in [5.41, 5.74) is 0. The Labute approximate surface area is 89.3 Å². The summed E-state index contributed by atoms with van der Waals surface area (Å²) in [7, 11) is 0. The summed E-state index contributed by atoms with van der Waals surface area (Å²) in [6.45, 7) is 3.33. The molecule has 84 valence electrons. The molecule has 0 bridgehead atoms. The molecular formula is C11H17NO3. The van der Waals surface area contributed by atoms with Gasteiger partial charge in [0.25, 0.3) is 0 Å². The van der Waals surface area contributed by atoms with Crippen molar-refractivity contribution in [2.45, 2.75) is 45.3 Å². The summed E-state index contributed by atoms with van der Waals surface area (Å²) in [6.07, 6.45) is 1.98. The average Bonchev–Trinajstić information content (AvgIpc) is 2.71. The number of aliphatic hydroxyl groups is 1. The van der Waals surface area contributed by atoms with Gasteiger partial charge in [-0.1, -0.05) is 6.42 Å². The first-order valence-corrected chi connectivity index (χ1v) is 5.59. The first-order valence-electron chi connectivity index (χ1n) is 5.59. The van der Waals surface area contributed by atoms with Gasteiger partial charge < -0.3 is 5.11 Å². The molecule has 1 aliphatic heterocycles. The zero-order valence-electron chi connectivity index (χ0n) is 9.14. The summed E-state index contributed by atoms with van der Waals surface area (Å²) in [5.74, 6) is -0.343. The van der Waals surface area contributed by atoms with Crippen LogP contribution in [0.25, 0.3) is 0 Å². The fourth-order valence-corrected chi connectivity index (χ4v) is 2.63. The van der Waals surface area contributed by atoms with Crippen LogP contribution in [-0.2, 0) is 9.59 Å². The van der Waals surface area contributed by atoms with E-state index >= 15 is 0 Å². The van der Waals surface area contributed by atoms with Crippen LogP contribution in [0.3, 0.4) is 0 Å². The van der Waals surface area contributed by atoms with E-state index in [-0.39, 0.29) is 23.7 Å². The number of rotatable bonds is 2. The fourth-order valence-electron chi connectivity index (χ4n) is 2.63. The fraction of sp³-hybridized carbons (Fsp3) is 0.818. The van der Waals surface area contributed by atoms with E-state index in [0.717, 1.165) is 19.3 Å². The number of hydrogen-bond donors (Lipinski definition) is 1. The van der Waals surface area contributed by atoms with E-state index in [1.54, 1.807) is 13.8 Å². The predicted molar refractivity (Wildman–Crippen MR) is 53.8 cm³/mol. The highest BCUT2D eigenvalue weighted by molar-refractivity contribution is 6.05. The second kappa shape index (κ2) is 3.59. The van der Waals surface area contributed by atoms with Crippen molar-refractivity contribution in [1.29, 1.82) is 0 Å². The lowest BCUT2D eigenvalue weighted by Crippen LogP contribution is -2.44. The molecule has 0 aromatic heterocycles. The topological polar surface area (TPSA) is 57.6 Å². The van der Waals surface area contributed by atoms with Gasteiger partial charge in [-0.05, 0) is 26.7 Å². The number of aliphatic hydroxyl groups excluding tert-OH is 1. The van der Waals surface area contributed by atoms with E-state index in [9.17, 15) is 14.7 Å². The van der Waals surface area contributed by atoms with Gasteiger partial charge in [-0.15, -0.1) is 0 Å². The SMILES string of the molecule is CC(O)C(C)N1C(=O)C2CCCC2C1=O. The second-order valence-electron chi connectivity index (χ2n) is 4.67. The van der Waals surface area contributed by atoms with Crippen LogP contribution in [0.1, 0.15) is 33.1 Å². The van der Waals surface area contributed by atoms with E-state index in [1.807, 2.05) is 0 Å². The predicted octanol–water partition coefficient (Wildman–Crippen LogP) is 0.541. The zero-order chi connectivity index (χ0) is 11.2. The van der Waals surface area contributed by atoms with Gasteiger partial charge in [0.1, 0.15) is 0 Å². The van der Waals surface area contributed by atoms with Crippen molar-refractivity contribution in [2.24, 2.45) is 11.8 Å². The lowest BCUT2D eigenvalue weighted by Gasteiger charge is -2.25. The first kappa shape index (κ1) is 10.6. The minimum Gasteiger partial charge on any atom is -0.391 e. The average molecular weight is 211 g/mol. The quantitative estimate of drug-likeness (QED) is 0.678. The van der Waals surface area contributed by atoms with Gasteiger partial charge in [-0.3, -0.25) is 14.5 Å². The van der Waals surface area contributed by atoms with Crippen LogP contribution in [0.2, 0.25) is 0 Å². The molecule has 2 fully saturated rings. The third kappa shape index (κ3) is 1.47. The Bertz CT molecular complexity index is 278. The Morgan fingerprint density at radius 3 is 2.07 bits per heavy atom. The van der Waals surface area contributed by atoms with Gasteiger partial charge in [-0.25, -0.2) is 0 Å². The van der Waals surface area contributed by atoms with Gasteiger partial charge in [0.15, 0.2) is 0 Å². The highest BCUT2D eigenvalue weighted by Crippen LogP contribution is 2.40. The molecule has 0 spiro atoms. The third-order valence-electron chi connectivity index (χ3n) is 3.73. The molecule has 1 aliphatic carbocycles. The Hall–Kier alpha value is -0.900. The van der Waals surface area contributed by atoms with Crippen molar-refractivity contribution in [3.63, 3.8) is 0 Å². The standard InChI is InChI=1S/C11H17NO3/c1-6(7(2)13)12-10(14)8-4-3-5-9(8)11(12)15/h6-9,13H,3-5H2,1-2H3. The number of hydrogen-bond acceptors (Lipinski definition) is 3. The Morgan fingerprint density at radius 1 is 1.20 bits per heavy atom. The number of carbonyl (C=O) groups is 2. The molecule has 1 saturated heterocycles. The normalized spacial score (nSPS) is 34.5. The Kier molecular flexibility index (Phi) is 2.54. The molecule has 4 atom stereocenters. The molecule has 0 aromatic carbocycles. The van der Waals surface area contributed by atoms with Crippen molar-refractivity contribution in [3.05, 3.63) is 0 Å². The molecule has 0 radical (unpaired) electrons. The van der Waals surface area contributed by atoms with Crippen LogP contribution in [-0.4, -0.2) is 34.0 Å². The molecular weight excluding hydrogens is 194 g/mol. The molecule has 2 aliphatic rings. The highest BCUT2D eigenvalue weighted by atomic mass is 16.3. The van der Waals surface area contributed by atoms with Gasteiger partial charge in [0, 0.05) is 0 Å². The van der Waals surface area contributed by atoms with E-state index in [1.165, 1.54) is 4.90 Å². The molecule has 1 N–H and O–H groups in total. The number of amides is 2. The van der Waals surface area contributed by atoms with E-state index in [2.05, 4.69) is 0 Å². The van der Waals surface area contributed by atoms with E-state index < -0.39 is 12.1 Å². The molecule has 1 heterocycles. The van der Waals surface area contributed by atoms with Crippen molar-refractivity contribution in [1.82, 2.24) is 4.90 Å². The van der Waals surface area contributed by atoms with Crippen molar-refractivity contribution < 1.29 is 14.7 Å². The molecule has 0 aromatic rings. The highest BCUT2D eigenvalue weighted by Gasteiger charge is 2.51. The van der Waals surface area contributed by atoms with Crippen LogP contribution in [0.5, 0.6) is 0 Å². The summed E-state index contributed by atoms with van der Waals surface area (Å²) < 4.78 is 0. The molecule has 4 heteroatoms. The summed E-state index contributed by atoms with van der Waals surface area (Å²) in [4.78, 5) is 25.2. The molecule has 15 heavy (non-hydrogen) atoms. The Balaban J connectivity index is 2.21. The van der Waals surface area contributed by atoms with Gasteiger partial charge in [0.05, 0.1) is 24.0 Å². The lowest BCUT2D eigenvalue weighted by atomic mass is 10.00. The van der Waals surface area contributed by atoms with Gasteiger partial charge in [0.2, 0.25) is 11.8 Å². The molecule has 4 nitrogen and oxygen atoms in total. The summed E-state index contributed by atoms with van der Waals surface area (Å²) in [6, 6.07) is -0.393. The Morgan fingerprint density at radius 2 is 1.67 bits per heavy atom. The van der Waals surface area contributed by atoms with Crippen molar-refractivity contribution >= 4 is 11.8 Å². The van der Waals surface area contributed by atoms with Crippen LogP contribution >= 0.6 is 0 Å². The van der Waals surface area contributed by atoms with Gasteiger partial charge >= 0.3 is 0 Å². The number of imide groups is 1. The second-order valence-corrected chi connectivity index (χ2v) is 4.67. The maximum absolute atomic E-state index is 11.9. The number of carbonyl (C=O) groups excluding carboxylic acids is 2. The van der Waals surface area contributed by atoms with E-state index in [0.29, 0.717) is 0 Å².